The number of rotatable bonds is 5. The van der Waals surface area contributed by atoms with Crippen molar-refractivity contribution < 1.29 is 8.42 Å². The van der Waals surface area contributed by atoms with E-state index in [0.29, 0.717) is 22.9 Å². The summed E-state index contributed by atoms with van der Waals surface area (Å²) in [5, 5.41) is 3.60. The summed E-state index contributed by atoms with van der Waals surface area (Å²) in [6.45, 7) is 0.463. The van der Waals surface area contributed by atoms with Crippen LogP contribution < -0.4 is 10.0 Å². The minimum Gasteiger partial charge on any atom is -0.378 e. The van der Waals surface area contributed by atoms with Gasteiger partial charge in [-0.25, -0.2) is 18.4 Å². The maximum atomic E-state index is 11.2. The summed E-state index contributed by atoms with van der Waals surface area (Å²) < 4.78 is 24.8. The lowest BCUT2D eigenvalue weighted by Gasteiger charge is -2.10. The molecule has 0 spiro atoms. The summed E-state index contributed by atoms with van der Waals surface area (Å²) in [7, 11) is -3.32. The van der Waals surface area contributed by atoms with Gasteiger partial charge in [0.2, 0.25) is 10.0 Å². The predicted molar refractivity (Wildman–Crippen MR) is 79.3 cm³/mol. The molecule has 6 nitrogen and oxygen atoms in total. The standard InChI is InChI=1S/C12H13ClN4O2S/c1-20(18,19)17-9-2-3-11(13)12(6-9)15-7-10-4-5-14-8-16-10/h2-6,8,15,17H,7H2,1H3. The molecular weight excluding hydrogens is 300 g/mol. The van der Waals surface area contributed by atoms with Gasteiger partial charge in [-0.1, -0.05) is 11.6 Å². The number of anilines is 2. The Kier molecular flexibility index (Phi) is 4.41. The van der Waals surface area contributed by atoms with Gasteiger partial charge in [-0.05, 0) is 24.3 Å². The van der Waals surface area contributed by atoms with Crippen molar-refractivity contribution in [3.05, 3.63) is 47.5 Å². The van der Waals surface area contributed by atoms with Crippen LogP contribution in [0.25, 0.3) is 0 Å². The van der Waals surface area contributed by atoms with Gasteiger partial charge < -0.3 is 5.32 Å². The van der Waals surface area contributed by atoms with E-state index >= 15 is 0 Å². The van der Waals surface area contributed by atoms with E-state index in [2.05, 4.69) is 20.0 Å². The number of aromatic nitrogens is 2. The highest BCUT2D eigenvalue weighted by Crippen LogP contribution is 2.26. The summed E-state index contributed by atoms with van der Waals surface area (Å²) in [4.78, 5) is 7.91. The smallest absolute Gasteiger partial charge is 0.229 e. The van der Waals surface area contributed by atoms with Crippen molar-refractivity contribution in [2.75, 3.05) is 16.3 Å². The van der Waals surface area contributed by atoms with Crippen LogP contribution in [0.3, 0.4) is 0 Å². The molecule has 0 aliphatic rings. The van der Waals surface area contributed by atoms with Crippen molar-refractivity contribution in [2.24, 2.45) is 0 Å². The maximum Gasteiger partial charge on any atom is 0.229 e. The quantitative estimate of drug-likeness (QED) is 0.883. The number of nitrogens with zero attached hydrogens (tertiary/aromatic N) is 2. The van der Waals surface area contributed by atoms with E-state index in [1.807, 2.05) is 0 Å². The third-order valence-corrected chi connectivity index (χ3v) is 3.31. The summed E-state index contributed by atoms with van der Waals surface area (Å²) in [5.41, 5.74) is 1.87. The molecule has 0 aliphatic heterocycles. The lowest BCUT2D eigenvalue weighted by Crippen LogP contribution is -2.10. The van der Waals surface area contributed by atoms with E-state index in [1.54, 1.807) is 30.5 Å². The summed E-state index contributed by atoms with van der Waals surface area (Å²) in [6, 6.07) is 6.63. The van der Waals surface area contributed by atoms with Gasteiger partial charge in [0.25, 0.3) is 0 Å². The normalized spacial score (nSPS) is 11.1. The second-order valence-corrected chi connectivity index (χ2v) is 6.28. The molecule has 1 heterocycles. The number of sulfonamides is 1. The molecule has 2 aromatic rings. The van der Waals surface area contributed by atoms with Gasteiger partial charge in [-0.2, -0.15) is 0 Å². The third-order valence-electron chi connectivity index (χ3n) is 2.37. The number of hydrogen-bond donors (Lipinski definition) is 2. The number of nitrogens with one attached hydrogen (secondary N) is 2. The highest BCUT2D eigenvalue weighted by molar-refractivity contribution is 7.92. The van der Waals surface area contributed by atoms with E-state index in [1.165, 1.54) is 6.33 Å². The fourth-order valence-electron chi connectivity index (χ4n) is 1.55. The molecule has 0 amide bonds. The molecule has 2 rings (SSSR count). The van der Waals surface area contributed by atoms with Crippen LogP contribution in [-0.4, -0.2) is 24.6 Å². The minimum absolute atomic E-state index is 0.446. The monoisotopic (exact) mass is 312 g/mol. The molecule has 1 aromatic carbocycles. The van der Waals surface area contributed by atoms with Crippen LogP contribution in [0.4, 0.5) is 11.4 Å². The molecule has 2 N–H and O–H groups in total. The Morgan fingerprint density at radius 3 is 2.75 bits per heavy atom. The van der Waals surface area contributed by atoms with Crippen LogP contribution in [0.15, 0.2) is 36.8 Å². The number of halogens is 1. The first-order chi connectivity index (χ1) is 9.44. The number of hydrogen-bond acceptors (Lipinski definition) is 5. The van der Waals surface area contributed by atoms with Gasteiger partial charge in [-0.3, -0.25) is 4.72 Å². The van der Waals surface area contributed by atoms with Crippen LogP contribution in [-0.2, 0) is 16.6 Å². The second kappa shape index (κ2) is 6.06. The fourth-order valence-corrected chi connectivity index (χ4v) is 2.29. The lowest BCUT2D eigenvalue weighted by molar-refractivity contribution is 0.607. The largest absolute Gasteiger partial charge is 0.378 e. The van der Waals surface area contributed by atoms with Gasteiger partial charge in [0, 0.05) is 6.20 Å². The first-order valence-electron chi connectivity index (χ1n) is 5.70. The first kappa shape index (κ1) is 14.5. The van der Waals surface area contributed by atoms with Crippen LogP contribution >= 0.6 is 11.6 Å². The van der Waals surface area contributed by atoms with E-state index in [-0.39, 0.29) is 0 Å². The molecule has 0 unspecified atom stereocenters. The maximum absolute atomic E-state index is 11.2. The minimum atomic E-state index is -3.32. The van der Waals surface area contributed by atoms with Crippen LogP contribution in [0.5, 0.6) is 0 Å². The van der Waals surface area contributed by atoms with Gasteiger partial charge in [-0.15, -0.1) is 0 Å². The highest BCUT2D eigenvalue weighted by Gasteiger charge is 2.06. The Morgan fingerprint density at radius 2 is 2.10 bits per heavy atom. The molecular formula is C12H13ClN4O2S. The average Bonchev–Trinajstić information content (AvgIpc) is 2.39. The molecule has 0 bridgehead atoms. The van der Waals surface area contributed by atoms with Crippen molar-refractivity contribution in [3.8, 4) is 0 Å². The Balaban J connectivity index is 2.13. The Hall–Kier alpha value is -1.86. The Bertz CT molecular complexity index is 692. The zero-order valence-electron chi connectivity index (χ0n) is 10.7. The van der Waals surface area contributed by atoms with Crippen molar-refractivity contribution in [2.45, 2.75) is 6.54 Å². The lowest BCUT2D eigenvalue weighted by atomic mass is 10.2. The van der Waals surface area contributed by atoms with Gasteiger partial charge in [0.05, 0.1) is 34.9 Å². The highest BCUT2D eigenvalue weighted by atomic mass is 35.5. The van der Waals surface area contributed by atoms with Gasteiger partial charge in [0.1, 0.15) is 6.33 Å². The molecule has 20 heavy (non-hydrogen) atoms. The summed E-state index contributed by atoms with van der Waals surface area (Å²) in [5.74, 6) is 0. The van der Waals surface area contributed by atoms with E-state index in [4.69, 9.17) is 11.6 Å². The average molecular weight is 313 g/mol. The summed E-state index contributed by atoms with van der Waals surface area (Å²) in [6.07, 6.45) is 4.20. The zero-order chi connectivity index (χ0) is 14.6. The van der Waals surface area contributed by atoms with Crippen molar-refractivity contribution in [3.63, 3.8) is 0 Å². The van der Waals surface area contributed by atoms with Crippen molar-refractivity contribution in [1.29, 1.82) is 0 Å². The van der Waals surface area contributed by atoms with Crippen LogP contribution in [0.2, 0.25) is 5.02 Å². The van der Waals surface area contributed by atoms with E-state index in [0.717, 1.165) is 11.9 Å². The van der Waals surface area contributed by atoms with Crippen LogP contribution in [0, 0.1) is 0 Å². The van der Waals surface area contributed by atoms with Crippen molar-refractivity contribution >= 4 is 33.0 Å². The zero-order valence-corrected chi connectivity index (χ0v) is 12.2. The molecule has 106 valence electrons. The van der Waals surface area contributed by atoms with E-state index in [9.17, 15) is 8.42 Å². The van der Waals surface area contributed by atoms with Gasteiger partial charge in [0.15, 0.2) is 0 Å². The Labute approximate surface area is 122 Å². The molecule has 0 fully saturated rings. The fraction of sp³-hybridized carbons (Fsp3) is 0.167. The third kappa shape index (κ3) is 4.36. The van der Waals surface area contributed by atoms with E-state index < -0.39 is 10.0 Å². The predicted octanol–water partition coefficient (Wildman–Crippen LogP) is 2.11. The molecule has 0 atom stereocenters. The van der Waals surface area contributed by atoms with Crippen LogP contribution in [0.1, 0.15) is 5.69 Å². The molecule has 0 saturated carbocycles. The Morgan fingerprint density at radius 1 is 1.30 bits per heavy atom. The molecule has 0 radical (unpaired) electrons. The second-order valence-electron chi connectivity index (χ2n) is 4.12. The molecule has 1 aromatic heterocycles. The molecule has 0 saturated heterocycles. The van der Waals surface area contributed by atoms with Gasteiger partial charge >= 0.3 is 0 Å². The molecule has 0 aliphatic carbocycles. The first-order valence-corrected chi connectivity index (χ1v) is 7.97. The summed E-state index contributed by atoms with van der Waals surface area (Å²) >= 11 is 6.06. The van der Waals surface area contributed by atoms with Crippen molar-refractivity contribution in [1.82, 2.24) is 9.97 Å². The topological polar surface area (TPSA) is 84.0 Å². The number of benzene rings is 1. The SMILES string of the molecule is CS(=O)(=O)Nc1ccc(Cl)c(NCc2ccncn2)c1. The molecule has 8 heteroatoms.